The average Bonchev–Trinajstić information content (AvgIpc) is 3.45. The molecule has 32 heavy (non-hydrogen) atoms. The van der Waals surface area contributed by atoms with Crippen molar-refractivity contribution in [2.24, 2.45) is 0 Å². The molecule has 170 valence electrons. The summed E-state index contributed by atoms with van der Waals surface area (Å²) in [4.78, 5) is 27.4. The molecule has 2 aromatic rings. The van der Waals surface area contributed by atoms with Gasteiger partial charge in [-0.25, -0.2) is 17.6 Å². The van der Waals surface area contributed by atoms with Crippen LogP contribution in [0.15, 0.2) is 34.6 Å². The van der Waals surface area contributed by atoms with Crippen molar-refractivity contribution in [1.82, 2.24) is 9.21 Å². The number of amides is 1. The highest BCUT2D eigenvalue weighted by molar-refractivity contribution is 7.91. The lowest BCUT2D eigenvalue weighted by atomic mass is 10.0. The number of ether oxygens (including phenoxy) is 1. The highest BCUT2D eigenvalue weighted by Crippen LogP contribution is 2.38. The van der Waals surface area contributed by atoms with Crippen LogP contribution in [-0.4, -0.2) is 56.2 Å². The minimum Gasteiger partial charge on any atom is -0.465 e. The predicted octanol–water partition coefficient (Wildman–Crippen LogP) is 3.06. The fourth-order valence-electron chi connectivity index (χ4n) is 3.99. The molecule has 0 saturated carbocycles. The van der Waals surface area contributed by atoms with Crippen molar-refractivity contribution in [2.75, 3.05) is 26.7 Å². The van der Waals surface area contributed by atoms with Crippen molar-refractivity contribution in [3.63, 3.8) is 0 Å². The second kappa shape index (κ2) is 9.13. The Bertz CT molecular complexity index is 1180. The summed E-state index contributed by atoms with van der Waals surface area (Å²) >= 11 is 1.04. The molecule has 1 aromatic carbocycles. The Labute approximate surface area is 190 Å². The molecule has 4 rings (SSSR count). The first-order valence-electron chi connectivity index (χ1n) is 10.3. The van der Waals surface area contributed by atoms with Crippen LogP contribution in [0.1, 0.15) is 39.2 Å². The van der Waals surface area contributed by atoms with Gasteiger partial charge in [0, 0.05) is 30.6 Å². The van der Waals surface area contributed by atoms with Crippen LogP contribution in [0.2, 0.25) is 0 Å². The standard InChI is InChI=1S/C22H23FN2O5S2/c1-30-21(27)20-17-9-12-24(19(26)8-7-15-5-4-6-16(23)13-15)14-18(17)31-22(20)32(28,29)25-10-2-3-11-25/h4-8,13H,2-3,9-12,14H2,1H3/b8-7+. The number of methoxy groups -OCH3 is 1. The summed E-state index contributed by atoms with van der Waals surface area (Å²) in [5, 5.41) is 0. The Kier molecular flexibility index (Phi) is 6.45. The molecule has 0 radical (unpaired) electrons. The zero-order valence-corrected chi connectivity index (χ0v) is 19.2. The third kappa shape index (κ3) is 4.35. The quantitative estimate of drug-likeness (QED) is 0.487. The molecule has 0 atom stereocenters. The maximum Gasteiger partial charge on any atom is 0.340 e. The van der Waals surface area contributed by atoms with Crippen LogP contribution in [0.3, 0.4) is 0 Å². The van der Waals surface area contributed by atoms with Crippen LogP contribution in [0.5, 0.6) is 0 Å². The van der Waals surface area contributed by atoms with E-state index in [2.05, 4.69) is 0 Å². The molecule has 0 aliphatic carbocycles. The molecular weight excluding hydrogens is 455 g/mol. The van der Waals surface area contributed by atoms with Gasteiger partial charge in [0.25, 0.3) is 10.0 Å². The number of halogens is 1. The lowest BCUT2D eigenvalue weighted by Crippen LogP contribution is -2.34. The molecule has 1 aromatic heterocycles. The Morgan fingerprint density at radius 3 is 2.62 bits per heavy atom. The van der Waals surface area contributed by atoms with Gasteiger partial charge in [0.05, 0.1) is 19.2 Å². The molecule has 2 aliphatic heterocycles. The van der Waals surface area contributed by atoms with Crippen LogP contribution < -0.4 is 0 Å². The monoisotopic (exact) mass is 478 g/mol. The van der Waals surface area contributed by atoms with Crippen molar-refractivity contribution in [3.8, 4) is 0 Å². The van der Waals surface area contributed by atoms with Gasteiger partial charge in [-0.3, -0.25) is 4.79 Å². The first kappa shape index (κ1) is 22.6. The van der Waals surface area contributed by atoms with E-state index >= 15 is 0 Å². The van der Waals surface area contributed by atoms with Crippen LogP contribution in [0.4, 0.5) is 4.39 Å². The molecule has 7 nitrogen and oxygen atoms in total. The molecule has 3 heterocycles. The fraction of sp³-hybridized carbons (Fsp3) is 0.364. The minimum absolute atomic E-state index is 0.000789. The number of sulfonamides is 1. The number of benzene rings is 1. The van der Waals surface area contributed by atoms with Crippen molar-refractivity contribution in [3.05, 3.63) is 57.7 Å². The van der Waals surface area contributed by atoms with E-state index < -0.39 is 16.0 Å². The molecule has 10 heteroatoms. The number of fused-ring (bicyclic) bond motifs is 1. The number of rotatable bonds is 5. The van der Waals surface area contributed by atoms with Crippen LogP contribution in [0, 0.1) is 5.82 Å². The van der Waals surface area contributed by atoms with Gasteiger partial charge in [0.15, 0.2) is 0 Å². The van der Waals surface area contributed by atoms with Crippen molar-refractivity contribution in [1.29, 1.82) is 0 Å². The number of nitrogens with zero attached hydrogens (tertiary/aromatic N) is 2. The second-order valence-corrected chi connectivity index (χ2v) is 10.9. The van der Waals surface area contributed by atoms with Gasteiger partial charge in [0.1, 0.15) is 10.0 Å². The lowest BCUT2D eigenvalue weighted by Gasteiger charge is -2.26. The van der Waals surface area contributed by atoms with Gasteiger partial charge in [-0.1, -0.05) is 12.1 Å². The summed E-state index contributed by atoms with van der Waals surface area (Å²) in [6.45, 7) is 1.40. The van der Waals surface area contributed by atoms with Crippen molar-refractivity contribution >= 4 is 39.3 Å². The maximum atomic E-state index is 13.3. The van der Waals surface area contributed by atoms with Gasteiger partial charge in [0.2, 0.25) is 5.91 Å². The Morgan fingerprint density at radius 2 is 1.94 bits per heavy atom. The van der Waals surface area contributed by atoms with E-state index in [1.54, 1.807) is 23.1 Å². The van der Waals surface area contributed by atoms with E-state index in [9.17, 15) is 22.4 Å². The molecule has 1 amide bonds. The Morgan fingerprint density at radius 1 is 1.19 bits per heavy atom. The average molecular weight is 479 g/mol. The van der Waals surface area contributed by atoms with E-state index in [0.717, 1.165) is 24.2 Å². The topological polar surface area (TPSA) is 84.0 Å². The molecule has 0 N–H and O–H groups in total. The summed E-state index contributed by atoms with van der Waals surface area (Å²) in [7, 11) is -2.58. The smallest absolute Gasteiger partial charge is 0.340 e. The predicted molar refractivity (Wildman–Crippen MR) is 118 cm³/mol. The lowest BCUT2D eigenvalue weighted by molar-refractivity contribution is -0.126. The molecule has 0 unspecified atom stereocenters. The van der Waals surface area contributed by atoms with Crippen LogP contribution in [0.25, 0.3) is 6.08 Å². The van der Waals surface area contributed by atoms with E-state index in [4.69, 9.17) is 4.74 Å². The van der Waals surface area contributed by atoms with Crippen molar-refractivity contribution < 1.29 is 27.1 Å². The zero-order valence-electron chi connectivity index (χ0n) is 17.5. The number of hydrogen-bond acceptors (Lipinski definition) is 6. The van der Waals surface area contributed by atoms with Gasteiger partial charge >= 0.3 is 5.97 Å². The summed E-state index contributed by atoms with van der Waals surface area (Å²) in [5.41, 5.74) is 1.30. The minimum atomic E-state index is -3.81. The number of hydrogen-bond donors (Lipinski definition) is 0. The van der Waals surface area contributed by atoms with Crippen LogP contribution in [-0.2, 0) is 32.5 Å². The summed E-state index contributed by atoms with van der Waals surface area (Å²) in [5.74, 6) is -1.33. The normalized spacial score (nSPS) is 17.0. The molecule has 1 saturated heterocycles. The first-order chi connectivity index (χ1) is 15.3. The summed E-state index contributed by atoms with van der Waals surface area (Å²) in [6.07, 6.45) is 4.84. The first-order valence-corrected chi connectivity index (χ1v) is 12.5. The van der Waals surface area contributed by atoms with Crippen molar-refractivity contribution in [2.45, 2.75) is 30.0 Å². The van der Waals surface area contributed by atoms with Gasteiger partial charge in [-0.2, -0.15) is 4.31 Å². The summed E-state index contributed by atoms with van der Waals surface area (Å²) in [6, 6.07) is 5.91. The molecule has 0 bridgehead atoms. The van der Waals surface area contributed by atoms with E-state index in [0.29, 0.717) is 42.1 Å². The third-order valence-electron chi connectivity index (χ3n) is 5.63. The highest BCUT2D eigenvalue weighted by Gasteiger charge is 2.38. The second-order valence-electron chi connectivity index (χ2n) is 7.67. The molecule has 1 fully saturated rings. The SMILES string of the molecule is COC(=O)c1c(S(=O)(=O)N2CCCC2)sc2c1CCN(C(=O)/C=C/c1cccc(F)c1)C2. The number of thiophene rings is 1. The highest BCUT2D eigenvalue weighted by atomic mass is 32.2. The number of esters is 1. The fourth-order valence-corrected chi connectivity index (χ4v) is 7.54. The van der Waals surface area contributed by atoms with Crippen LogP contribution >= 0.6 is 11.3 Å². The maximum absolute atomic E-state index is 13.3. The summed E-state index contributed by atoms with van der Waals surface area (Å²) < 4.78 is 46.0. The number of carbonyl (C=O) groups excluding carboxylic acids is 2. The molecular formula is C22H23FN2O5S2. The third-order valence-corrected chi connectivity index (χ3v) is 9.24. The van der Waals surface area contributed by atoms with E-state index in [1.165, 1.54) is 29.6 Å². The Hall–Kier alpha value is -2.56. The van der Waals surface area contributed by atoms with Gasteiger partial charge < -0.3 is 9.64 Å². The molecule has 0 spiro atoms. The van der Waals surface area contributed by atoms with E-state index in [-0.39, 0.29) is 28.0 Å². The van der Waals surface area contributed by atoms with Gasteiger partial charge in [-0.05, 0) is 48.6 Å². The van der Waals surface area contributed by atoms with E-state index in [1.807, 2.05) is 0 Å². The number of carbonyl (C=O) groups is 2. The zero-order chi connectivity index (χ0) is 22.9. The van der Waals surface area contributed by atoms with Gasteiger partial charge in [-0.15, -0.1) is 11.3 Å². The largest absolute Gasteiger partial charge is 0.465 e. The molecule has 2 aliphatic rings. The Balaban J connectivity index is 1.61.